The van der Waals surface area contributed by atoms with Gasteiger partial charge in [-0.2, -0.15) is 0 Å². The third kappa shape index (κ3) is 5.70. The lowest BCUT2D eigenvalue weighted by Gasteiger charge is -2.43. The summed E-state index contributed by atoms with van der Waals surface area (Å²) in [6.07, 6.45) is 10.2. The van der Waals surface area contributed by atoms with Crippen LogP contribution in [0.4, 0.5) is 0 Å². The highest BCUT2D eigenvalue weighted by Crippen LogP contribution is 2.38. The molecular formula is C18H35Cl2N3O2. The van der Waals surface area contributed by atoms with Gasteiger partial charge in [0.1, 0.15) is 0 Å². The lowest BCUT2D eigenvalue weighted by molar-refractivity contribution is -0.126. The van der Waals surface area contributed by atoms with E-state index in [1.54, 1.807) is 0 Å². The number of halogens is 2. The summed E-state index contributed by atoms with van der Waals surface area (Å²) in [6, 6.07) is 0.296. The molecule has 0 radical (unpaired) electrons. The van der Waals surface area contributed by atoms with Gasteiger partial charge < -0.3 is 15.8 Å². The molecule has 2 unspecified atom stereocenters. The lowest BCUT2D eigenvalue weighted by atomic mass is 9.84. The first-order chi connectivity index (χ1) is 11.2. The SMILES string of the molecule is Cl.Cl.NCC1CCCCC1NC(=O)CC1(N2CCOCC2)CCCC1. The van der Waals surface area contributed by atoms with Crippen molar-refractivity contribution in [1.82, 2.24) is 10.2 Å². The second kappa shape index (κ2) is 10.9. The second-order valence-corrected chi connectivity index (χ2v) is 7.66. The number of ether oxygens (including phenoxy) is 1. The number of nitrogens with zero attached hydrogens (tertiary/aromatic N) is 1. The molecule has 148 valence electrons. The molecule has 0 bridgehead atoms. The van der Waals surface area contributed by atoms with E-state index < -0.39 is 0 Å². The van der Waals surface area contributed by atoms with Crippen molar-refractivity contribution in [2.75, 3.05) is 32.8 Å². The van der Waals surface area contributed by atoms with E-state index in [4.69, 9.17) is 10.5 Å². The van der Waals surface area contributed by atoms with Crippen LogP contribution < -0.4 is 11.1 Å². The van der Waals surface area contributed by atoms with Crippen LogP contribution >= 0.6 is 24.8 Å². The number of carbonyl (C=O) groups excluding carboxylic acids is 1. The summed E-state index contributed by atoms with van der Waals surface area (Å²) in [7, 11) is 0. The fourth-order valence-electron chi connectivity index (χ4n) is 4.91. The topological polar surface area (TPSA) is 67.6 Å². The fraction of sp³-hybridized carbons (Fsp3) is 0.944. The van der Waals surface area contributed by atoms with E-state index in [2.05, 4.69) is 10.2 Å². The van der Waals surface area contributed by atoms with Crippen molar-refractivity contribution < 1.29 is 9.53 Å². The van der Waals surface area contributed by atoms with E-state index in [9.17, 15) is 4.79 Å². The number of amides is 1. The third-order valence-corrected chi connectivity index (χ3v) is 6.26. The molecule has 2 saturated carbocycles. The van der Waals surface area contributed by atoms with E-state index in [1.807, 2.05) is 0 Å². The average Bonchev–Trinajstić information content (AvgIpc) is 3.06. The minimum absolute atomic E-state index is 0. The Morgan fingerprint density at radius 3 is 2.36 bits per heavy atom. The largest absolute Gasteiger partial charge is 0.379 e. The lowest BCUT2D eigenvalue weighted by Crippen LogP contribution is -2.55. The number of carbonyl (C=O) groups is 1. The van der Waals surface area contributed by atoms with Crippen LogP contribution in [-0.4, -0.2) is 55.2 Å². The molecule has 0 aromatic carbocycles. The van der Waals surface area contributed by atoms with Crippen LogP contribution in [0.2, 0.25) is 0 Å². The number of hydrogen-bond donors (Lipinski definition) is 2. The Bertz CT molecular complexity index is 400. The van der Waals surface area contributed by atoms with Crippen LogP contribution in [0.5, 0.6) is 0 Å². The van der Waals surface area contributed by atoms with E-state index in [1.165, 1.54) is 25.7 Å². The molecule has 1 aliphatic heterocycles. The summed E-state index contributed by atoms with van der Waals surface area (Å²) in [4.78, 5) is 15.3. The van der Waals surface area contributed by atoms with Gasteiger partial charge in [0.2, 0.25) is 5.91 Å². The highest BCUT2D eigenvalue weighted by molar-refractivity contribution is 5.85. The standard InChI is InChI=1S/C18H33N3O2.2ClH/c19-14-15-5-1-2-6-16(15)20-17(22)13-18(7-3-4-8-18)21-9-11-23-12-10-21;;/h15-16H,1-14,19H2,(H,20,22);2*1H. The Kier molecular flexibility index (Phi) is 10.0. The summed E-state index contributed by atoms with van der Waals surface area (Å²) < 4.78 is 5.50. The Morgan fingerprint density at radius 1 is 1.08 bits per heavy atom. The average molecular weight is 396 g/mol. The first-order valence-corrected chi connectivity index (χ1v) is 9.56. The molecule has 0 aromatic heterocycles. The van der Waals surface area contributed by atoms with Crippen LogP contribution in [0.25, 0.3) is 0 Å². The van der Waals surface area contributed by atoms with Gasteiger partial charge in [0.15, 0.2) is 0 Å². The Balaban J connectivity index is 0.00000156. The Morgan fingerprint density at radius 2 is 1.72 bits per heavy atom. The maximum Gasteiger partial charge on any atom is 0.222 e. The van der Waals surface area contributed by atoms with Crippen molar-refractivity contribution in [1.29, 1.82) is 0 Å². The zero-order valence-electron chi connectivity index (χ0n) is 15.2. The normalized spacial score (nSPS) is 29.3. The summed E-state index contributed by atoms with van der Waals surface area (Å²) >= 11 is 0. The number of rotatable bonds is 5. The molecule has 2 atom stereocenters. The highest BCUT2D eigenvalue weighted by atomic mass is 35.5. The van der Waals surface area contributed by atoms with E-state index in [0.717, 1.165) is 52.0 Å². The number of nitrogens with two attached hydrogens (primary N) is 1. The molecule has 1 saturated heterocycles. The maximum absolute atomic E-state index is 12.8. The smallest absolute Gasteiger partial charge is 0.222 e. The minimum atomic E-state index is 0. The Hall–Kier alpha value is -0.0700. The van der Waals surface area contributed by atoms with Crippen molar-refractivity contribution in [2.45, 2.75) is 69.4 Å². The predicted molar refractivity (Wildman–Crippen MR) is 106 cm³/mol. The van der Waals surface area contributed by atoms with Crippen LogP contribution in [0.3, 0.4) is 0 Å². The number of morpholine rings is 1. The van der Waals surface area contributed by atoms with Gasteiger partial charge in [0, 0.05) is 31.1 Å². The molecule has 5 nitrogen and oxygen atoms in total. The minimum Gasteiger partial charge on any atom is -0.379 e. The van der Waals surface area contributed by atoms with Gasteiger partial charge in [-0.1, -0.05) is 25.7 Å². The molecule has 3 N–H and O–H groups in total. The van der Waals surface area contributed by atoms with Crippen molar-refractivity contribution in [3.8, 4) is 0 Å². The predicted octanol–water partition coefficient (Wildman–Crippen LogP) is 2.50. The molecule has 0 spiro atoms. The highest BCUT2D eigenvalue weighted by Gasteiger charge is 2.42. The van der Waals surface area contributed by atoms with Gasteiger partial charge in [0.25, 0.3) is 0 Å². The molecular weight excluding hydrogens is 361 g/mol. The quantitative estimate of drug-likeness (QED) is 0.749. The van der Waals surface area contributed by atoms with E-state index >= 15 is 0 Å². The second-order valence-electron chi connectivity index (χ2n) is 7.66. The van der Waals surface area contributed by atoms with Crippen LogP contribution in [0, 0.1) is 5.92 Å². The zero-order valence-corrected chi connectivity index (χ0v) is 16.8. The molecule has 3 rings (SSSR count). The van der Waals surface area contributed by atoms with Crippen LogP contribution in [0.1, 0.15) is 57.8 Å². The zero-order chi connectivity index (χ0) is 16.1. The van der Waals surface area contributed by atoms with Crippen LogP contribution in [-0.2, 0) is 9.53 Å². The Labute approximate surface area is 164 Å². The molecule has 1 heterocycles. The monoisotopic (exact) mass is 395 g/mol. The van der Waals surface area contributed by atoms with Gasteiger partial charge >= 0.3 is 0 Å². The van der Waals surface area contributed by atoms with Gasteiger partial charge in [-0.25, -0.2) is 0 Å². The summed E-state index contributed by atoms with van der Waals surface area (Å²) in [5.74, 6) is 0.708. The molecule has 3 fully saturated rings. The maximum atomic E-state index is 12.8. The molecule has 2 aliphatic carbocycles. The van der Waals surface area contributed by atoms with E-state index in [-0.39, 0.29) is 36.3 Å². The van der Waals surface area contributed by atoms with Gasteiger partial charge in [-0.15, -0.1) is 24.8 Å². The first-order valence-electron chi connectivity index (χ1n) is 9.56. The van der Waals surface area contributed by atoms with Crippen molar-refractivity contribution in [3.05, 3.63) is 0 Å². The summed E-state index contributed by atoms with van der Waals surface area (Å²) in [5, 5.41) is 3.33. The molecule has 25 heavy (non-hydrogen) atoms. The molecule has 3 aliphatic rings. The summed E-state index contributed by atoms with van der Waals surface area (Å²) in [6.45, 7) is 4.26. The third-order valence-electron chi connectivity index (χ3n) is 6.26. The number of hydrogen-bond acceptors (Lipinski definition) is 4. The fourth-order valence-corrected chi connectivity index (χ4v) is 4.91. The molecule has 7 heteroatoms. The van der Waals surface area contributed by atoms with Gasteiger partial charge in [-0.3, -0.25) is 9.69 Å². The number of nitrogens with one attached hydrogen (secondary N) is 1. The summed E-state index contributed by atoms with van der Waals surface area (Å²) in [5.41, 5.74) is 5.99. The van der Waals surface area contributed by atoms with Crippen molar-refractivity contribution in [3.63, 3.8) is 0 Å². The van der Waals surface area contributed by atoms with E-state index in [0.29, 0.717) is 24.9 Å². The molecule has 1 amide bonds. The van der Waals surface area contributed by atoms with Crippen molar-refractivity contribution in [2.24, 2.45) is 11.7 Å². The first kappa shape index (κ1) is 23.0. The van der Waals surface area contributed by atoms with Crippen molar-refractivity contribution >= 4 is 30.7 Å². The molecule has 0 aromatic rings. The van der Waals surface area contributed by atoms with Gasteiger partial charge in [0.05, 0.1) is 13.2 Å². The van der Waals surface area contributed by atoms with Gasteiger partial charge in [-0.05, 0) is 38.1 Å². The van der Waals surface area contributed by atoms with Crippen LogP contribution in [0.15, 0.2) is 0 Å².